The Balaban J connectivity index is 3.44. The lowest BCUT2D eigenvalue weighted by atomic mass is 10.0. The number of aliphatic hydroxyl groups excluding tert-OH is 1. The fourth-order valence-corrected chi connectivity index (χ4v) is 7.77. The molecular weight excluding hydrogens is 813 g/mol. The Kier molecular flexibility index (Phi) is 53.4. The quantitative estimate of drug-likeness (QED) is 0.0374. The van der Waals surface area contributed by atoms with Crippen LogP contribution in [-0.4, -0.2) is 36.4 Å². The number of carbonyl (C=O) groups is 2. The minimum Gasteiger partial charge on any atom is -0.462 e. The molecule has 0 aliphatic rings. The highest BCUT2D eigenvalue weighted by Gasteiger charge is 2.16. The van der Waals surface area contributed by atoms with Crippen LogP contribution in [0.15, 0.2) is 97.2 Å². The Labute approximate surface area is 408 Å². The van der Waals surface area contributed by atoms with Gasteiger partial charge in [-0.2, -0.15) is 0 Å². The topological polar surface area (TPSA) is 72.8 Å². The molecule has 0 aliphatic carbocycles. The van der Waals surface area contributed by atoms with Gasteiger partial charge < -0.3 is 14.6 Å². The van der Waals surface area contributed by atoms with Gasteiger partial charge in [0.1, 0.15) is 6.61 Å². The molecule has 0 aromatic rings. The van der Waals surface area contributed by atoms with E-state index in [1.54, 1.807) is 0 Å². The molecule has 1 atom stereocenters. The van der Waals surface area contributed by atoms with Crippen molar-refractivity contribution in [1.82, 2.24) is 0 Å². The molecule has 0 saturated heterocycles. The fraction of sp³-hybridized carbons (Fsp3) is 0.705. The van der Waals surface area contributed by atoms with E-state index >= 15 is 0 Å². The zero-order chi connectivity index (χ0) is 47.7. The lowest BCUT2D eigenvalue weighted by Crippen LogP contribution is -2.28. The second-order valence-electron chi connectivity index (χ2n) is 18.2. The first kappa shape index (κ1) is 62.8. The molecule has 5 nitrogen and oxygen atoms in total. The highest BCUT2D eigenvalue weighted by molar-refractivity contribution is 5.70. The van der Waals surface area contributed by atoms with Gasteiger partial charge in [-0.05, 0) is 89.9 Å². The van der Waals surface area contributed by atoms with Crippen molar-refractivity contribution in [3.63, 3.8) is 0 Å². The van der Waals surface area contributed by atoms with Gasteiger partial charge in [0.25, 0.3) is 0 Å². The fourth-order valence-electron chi connectivity index (χ4n) is 7.77. The van der Waals surface area contributed by atoms with E-state index in [4.69, 9.17) is 9.47 Å². The smallest absolute Gasteiger partial charge is 0.306 e. The van der Waals surface area contributed by atoms with Crippen molar-refractivity contribution in [1.29, 1.82) is 0 Å². The summed E-state index contributed by atoms with van der Waals surface area (Å²) < 4.78 is 10.7. The summed E-state index contributed by atoms with van der Waals surface area (Å²) in [6, 6.07) is 0. The first-order valence-corrected chi connectivity index (χ1v) is 27.8. The van der Waals surface area contributed by atoms with Gasteiger partial charge in [0.15, 0.2) is 6.10 Å². The molecule has 0 fully saturated rings. The Morgan fingerprint density at radius 2 is 0.606 bits per heavy atom. The van der Waals surface area contributed by atoms with E-state index in [0.717, 1.165) is 103 Å². The summed E-state index contributed by atoms with van der Waals surface area (Å²) in [6.45, 7) is 3.91. The molecule has 1 N–H and O–H groups in total. The number of hydrogen-bond acceptors (Lipinski definition) is 5. The van der Waals surface area contributed by atoms with E-state index in [1.165, 1.54) is 128 Å². The number of esters is 2. The van der Waals surface area contributed by atoms with Crippen molar-refractivity contribution in [2.75, 3.05) is 13.2 Å². The van der Waals surface area contributed by atoms with Gasteiger partial charge in [0.05, 0.1) is 6.61 Å². The van der Waals surface area contributed by atoms with Gasteiger partial charge in [-0.1, -0.05) is 252 Å². The number of carbonyl (C=O) groups excluding carboxylic acids is 2. The van der Waals surface area contributed by atoms with Crippen LogP contribution in [0.1, 0.15) is 258 Å². The highest BCUT2D eigenvalue weighted by atomic mass is 16.6. The van der Waals surface area contributed by atoms with E-state index in [1.807, 2.05) is 0 Å². The lowest BCUT2D eigenvalue weighted by molar-refractivity contribution is -0.161. The summed E-state index contributed by atoms with van der Waals surface area (Å²) in [4.78, 5) is 24.4. The molecule has 0 amide bonds. The molecule has 0 rings (SSSR count). The van der Waals surface area contributed by atoms with E-state index in [-0.39, 0.29) is 25.2 Å². The van der Waals surface area contributed by atoms with Crippen LogP contribution < -0.4 is 0 Å². The summed E-state index contributed by atoms with van der Waals surface area (Å²) >= 11 is 0. The van der Waals surface area contributed by atoms with Crippen LogP contribution >= 0.6 is 0 Å². The second kappa shape index (κ2) is 56.1. The molecule has 0 bridgehead atoms. The Morgan fingerprint density at radius 1 is 0.348 bits per heavy atom. The van der Waals surface area contributed by atoms with Crippen molar-refractivity contribution in [2.45, 2.75) is 264 Å². The predicted molar refractivity (Wildman–Crippen MR) is 288 cm³/mol. The minimum absolute atomic E-state index is 0.0761. The van der Waals surface area contributed by atoms with Crippen molar-refractivity contribution in [3.8, 4) is 0 Å². The molecule has 0 aliphatic heterocycles. The van der Waals surface area contributed by atoms with Gasteiger partial charge in [-0.15, -0.1) is 0 Å². The van der Waals surface area contributed by atoms with Crippen LogP contribution in [0, 0.1) is 0 Å². The summed E-state index contributed by atoms with van der Waals surface area (Å²) in [6.07, 6.45) is 79.6. The number of allylic oxidation sites excluding steroid dienone is 16. The monoisotopic (exact) mass is 917 g/mol. The third-order valence-corrected chi connectivity index (χ3v) is 11.9. The third-order valence-electron chi connectivity index (χ3n) is 11.9. The molecule has 1 unspecified atom stereocenters. The number of aliphatic hydroxyl groups is 1. The SMILES string of the molecule is CC/C=C\C/C=C\C/C=C\C/C=C\C/C=C\CCCCCCCCCCCCCCCCCCCCCCCC(=O)OC(CO)COC(=O)CCCCCCC/C=C\C/C=C\C/C=C\CC. The normalized spacial score (nSPS) is 13.0. The molecule has 0 aromatic heterocycles. The Morgan fingerprint density at radius 3 is 0.909 bits per heavy atom. The van der Waals surface area contributed by atoms with Crippen LogP contribution in [0.2, 0.25) is 0 Å². The maximum Gasteiger partial charge on any atom is 0.306 e. The van der Waals surface area contributed by atoms with E-state index < -0.39 is 6.10 Å². The molecular formula is C61H104O5. The van der Waals surface area contributed by atoms with E-state index in [2.05, 4.69) is 111 Å². The number of ether oxygens (including phenoxy) is 2. The van der Waals surface area contributed by atoms with Gasteiger partial charge in [0, 0.05) is 12.8 Å². The molecule has 66 heavy (non-hydrogen) atoms. The third kappa shape index (κ3) is 53.4. The standard InChI is InChI=1S/C61H104O5/c1-3-5-7-9-11-13-15-17-19-20-21-22-23-24-25-26-27-28-29-30-31-32-33-34-35-36-37-38-39-40-42-44-46-48-50-52-54-56-61(64)66-59(57-62)58-65-60(63)55-53-51-49-47-45-43-41-18-16-14-12-10-8-6-4-2/h5-8,11-14,17-19,21-22,24-25,41,59,62H,3-4,9-10,15-16,20,23,26-40,42-58H2,1-2H3/b7-5-,8-6-,13-11-,14-12-,19-17-,22-21-,25-24-,41-18-. The van der Waals surface area contributed by atoms with Crippen molar-refractivity contribution < 1.29 is 24.2 Å². The summed E-state index contributed by atoms with van der Waals surface area (Å²) in [5, 5.41) is 9.63. The maximum absolute atomic E-state index is 12.3. The summed E-state index contributed by atoms with van der Waals surface area (Å²) in [7, 11) is 0. The molecule has 0 heterocycles. The van der Waals surface area contributed by atoms with Gasteiger partial charge in [-0.25, -0.2) is 0 Å². The van der Waals surface area contributed by atoms with Gasteiger partial charge in [0.2, 0.25) is 0 Å². The van der Waals surface area contributed by atoms with Crippen LogP contribution in [0.3, 0.4) is 0 Å². The zero-order valence-electron chi connectivity index (χ0n) is 43.2. The highest BCUT2D eigenvalue weighted by Crippen LogP contribution is 2.16. The Bertz CT molecular complexity index is 1270. The molecule has 378 valence electrons. The average molecular weight is 917 g/mol. The second-order valence-corrected chi connectivity index (χ2v) is 18.2. The molecule has 0 spiro atoms. The van der Waals surface area contributed by atoms with E-state index in [9.17, 15) is 14.7 Å². The number of hydrogen-bond donors (Lipinski definition) is 1. The summed E-state index contributed by atoms with van der Waals surface area (Å²) in [5.41, 5.74) is 0. The van der Waals surface area contributed by atoms with E-state index in [0.29, 0.717) is 12.8 Å². The maximum atomic E-state index is 12.3. The van der Waals surface area contributed by atoms with Crippen LogP contribution in [-0.2, 0) is 19.1 Å². The largest absolute Gasteiger partial charge is 0.462 e. The lowest BCUT2D eigenvalue weighted by Gasteiger charge is -2.15. The average Bonchev–Trinajstić information content (AvgIpc) is 3.32. The number of rotatable bonds is 50. The van der Waals surface area contributed by atoms with Gasteiger partial charge in [-0.3, -0.25) is 9.59 Å². The van der Waals surface area contributed by atoms with Crippen molar-refractivity contribution in [3.05, 3.63) is 97.2 Å². The van der Waals surface area contributed by atoms with Crippen molar-refractivity contribution >= 4 is 11.9 Å². The predicted octanol–water partition coefficient (Wildman–Crippen LogP) is 18.7. The van der Waals surface area contributed by atoms with Crippen LogP contribution in [0.4, 0.5) is 0 Å². The molecule has 0 saturated carbocycles. The van der Waals surface area contributed by atoms with Crippen LogP contribution in [0.5, 0.6) is 0 Å². The number of unbranched alkanes of at least 4 members (excludes halogenated alkanes) is 26. The van der Waals surface area contributed by atoms with Gasteiger partial charge >= 0.3 is 11.9 Å². The van der Waals surface area contributed by atoms with Crippen LogP contribution in [0.25, 0.3) is 0 Å². The minimum atomic E-state index is -0.782. The first-order chi connectivity index (χ1) is 32.6. The van der Waals surface area contributed by atoms with Crippen molar-refractivity contribution in [2.24, 2.45) is 0 Å². The Hall–Kier alpha value is -3.18. The molecule has 0 aromatic carbocycles. The molecule has 5 heteroatoms. The summed E-state index contributed by atoms with van der Waals surface area (Å²) in [5.74, 6) is -0.606. The zero-order valence-corrected chi connectivity index (χ0v) is 43.2. The first-order valence-electron chi connectivity index (χ1n) is 27.8. The molecule has 0 radical (unpaired) electrons.